The largest absolute Gasteiger partial charge is 0.619 e. The molecule has 2 aliphatic carbocycles. The first-order valence-corrected chi connectivity index (χ1v) is 17.9. The fourth-order valence-electron chi connectivity index (χ4n) is 4.68. The van der Waals surface area contributed by atoms with Crippen LogP contribution in [0.2, 0.25) is 10.0 Å². The molecule has 2 aromatic carbocycles. The quantitative estimate of drug-likeness (QED) is 0.105. The Bertz CT molecular complexity index is 1790. The molecule has 0 unspecified atom stereocenters. The van der Waals surface area contributed by atoms with Crippen LogP contribution in [-0.2, 0) is 26.0 Å². The number of sulfonamides is 1. The van der Waals surface area contributed by atoms with Crippen molar-refractivity contribution in [2.75, 3.05) is 30.7 Å². The van der Waals surface area contributed by atoms with E-state index in [2.05, 4.69) is 14.8 Å². The number of aromatic nitrogens is 1. The smallest absolute Gasteiger partial charge is 0.387 e. The van der Waals surface area contributed by atoms with Crippen molar-refractivity contribution in [3.8, 4) is 17.2 Å². The van der Waals surface area contributed by atoms with E-state index in [1.165, 1.54) is 36.4 Å². The van der Waals surface area contributed by atoms with Gasteiger partial charge in [-0.1, -0.05) is 29.3 Å². The lowest BCUT2D eigenvalue weighted by Crippen LogP contribution is -2.32. The maximum absolute atomic E-state index is 13.1. The minimum atomic E-state index is -3.63. The highest BCUT2D eigenvalue weighted by Crippen LogP contribution is 2.38. The van der Waals surface area contributed by atoms with E-state index in [9.17, 15) is 32.0 Å². The average Bonchev–Trinajstić information content (AvgIpc) is 3.95. The molecule has 1 atom stereocenters. The van der Waals surface area contributed by atoms with Crippen molar-refractivity contribution in [2.24, 2.45) is 11.8 Å². The number of esters is 1. The number of alkyl halides is 2. The molecule has 2 fully saturated rings. The standard InChI is InChI=1S/C32H33Cl2F2N3O9S/c1-49(43,44)38-25-8-6-21(11-28(25)45-16-18-2-3-18)31(41)37-13-30(40)47-27(12-22-23(33)14-39(42)15-24(22)34)20-7-9-26(48-32(35)36)29(10-20)46-17-19-4-5-19/h6-11,14-15,18-19,27,32,38H,2-5,12-13,16-17H2,1H3,(H,37,41)/t27-/m0/s1. The van der Waals surface area contributed by atoms with Gasteiger partial charge in [-0.2, -0.15) is 13.5 Å². The number of anilines is 1. The Balaban J connectivity index is 1.33. The van der Waals surface area contributed by atoms with Gasteiger partial charge in [0.25, 0.3) is 5.91 Å². The minimum absolute atomic E-state index is 0.00627. The van der Waals surface area contributed by atoms with Crippen molar-refractivity contribution in [2.45, 2.75) is 44.8 Å². The summed E-state index contributed by atoms with van der Waals surface area (Å²) in [7, 11) is -3.63. The fourth-order valence-corrected chi connectivity index (χ4v) is 5.84. The Morgan fingerprint density at radius 1 is 0.959 bits per heavy atom. The summed E-state index contributed by atoms with van der Waals surface area (Å²) in [5, 5.41) is 14.3. The van der Waals surface area contributed by atoms with Crippen molar-refractivity contribution in [3.63, 3.8) is 0 Å². The second-order valence-corrected chi connectivity index (χ2v) is 14.4. The molecule has 0 radical (unpaired) electrons. The van der Waals surface area contributed by atoms with Gasteiger partial charge in [-0.05, 0) is 73.4 Å². The topological polar surface area (TPSA) is 156 Å². The number of nitrogens with zero attached hydrogens (tertiary/aromatic N) is 1. The Hall–Kier alpha value is -4.08. The first-order valence-electron chi connectivity index (χ1n) is 15.2. The molecular formula is C32H33Cl2F2N3O9S. The van der Waals surface area contributed by atoms with E-state index >= 15 is 0 Å². The van der Waals surface area contributed by atoms with E-state index in [1.54, 1.807) is 0 Å². The van der Waals surface area contributed by atoms with Crippen molar-refractivity contribution >= 4 is 50.8 Å². The normalized spacial score (nSPS) is 15.0. The van der Waals surface area contributed by atoms with Gasteiger partial charge in [0.2, 0.25) is 10.0 Å². The molecule has 0 spiro atoms. The van der Waals surface area contributed by atoms with Gasteiger partial charge in [-0.25, -0.2) is 8.42 Å². The van der Waals surface area contributed by atoms with Gasteiger partial charge in [-0.3, -0.25) is 14.3 Å². The molecule has 0 saturated heterocycles. The Morgan fingerprint density at radius 2 is 1.59 bits per heavy atom. The van der Waals surface area contributed by atoms with Crippen LogP contribution < -0.4 is 29.0 Å². The van der Waals surface area contributed by atoms with Gasteiger partial charge in [0.1, 0.15) is 28.4 Å². The first kappa shape index (κ1) is 36.2. The predicted molar refractivity (Wildman–Crippen MR) is 175 cm³/mol. The number of carbonyl (C=O) groups is 2. The molecule has 49 heavy (non-hydrogen) atoms. The summed E-state index contributed by atoms with van der Waals surface area (Å²) >= 11 is 12.6. The lowest BCUT2D eigenvalue weighted by molar-refractivity contribution is -0.605. The third-order valence-corrected chi connectivity index (χ3v) is 8.79. The van der Waals surface area contributed by atoms with Gasteiger partial charge in [-0.15, -0.1) is 0 Å². The molecule has 2 saturated carbocycles. The zero-order chi connectivity index (χ0) is 35.3. The Kier molecular flexibility index (Phi) is 11.6. The maximum atomic E-state index is 13.1. The van der Waals surface area contributed by atoms with Crippen LogP contribution in [0, 0.1) is 17.0 Å². The molecule has 12 nitrogen and oxygen atoms in total. The van der Waals surface area contributed by atoms with E-state index in [4.69, 9.17) is 37.4 Å². The van der Waals surface area contributed by atoms with Gasteiger partial charge >= 0.3 is 12.6 Å². The van der Waals surface area contributed by atoms with Crippen LogP contribution in [0.1, 0.15) is 53.3 Å². The number of hydrogen-bond acceptors (Lipinski definition) is 9. The van der Waals surface area contributed by atoms with Gasteiger partial charge in [0.05, 0.1) is 25.2 Å². The molecule has 5 rings (SSSR count). The number of carbonyl (C=O) groups excluding carboxylic acids is 2. The SMILES string of the molecule is CS(=O)(=O)Nc1ccc(C(=O)NCC(=O)O[C@@H](Cc2c(Cl)c[n+]([O-])cc2Cl)c2ccc(OC(F)F)c(OCC3CC3)c2)cc1OCC1CC1. The maximum Gasteiger partial charge on any atom is 0.387 e. The van der Waals surface area contributed by atoms with Crippen LogP contribution >= 0.6 is 23.2 Å². The number of pyridine rings is 1. The zero-order valence-corrected chi connectivity index (χ0v) is 28.5. The van der Waals surface area contributed by atoms with Crippen molar-refractivity contribution < 1.29 is 50.5 Å². The van der Waals surface area contributed by atoms with E-state index in [1.807, 2.05) is 0 Å². The van der Waals surface area contributed by atoms with Crippen molar-refractivity contribution in [1.82, 2.24) is 5.32 Å². The number of benzene rings is 2. The molecule has 1 aromatic heterocycles. The number of ether oxygens (including phenoxy) is 4. The number of amides is 1. The lowest BCUT2D eigenvalue weighted by Gasteiger charge is -2.21. The summed E-state index contributed by atoms with van der Waals surface area (Å²) in [6.07, 6.45) is 5.74. The Labute approximate surface area is 291 Å². The molecule has 0 bridgehead atoms. The lowest BCUT2D eigenvalue weighted by atomic mass is 10.0. The number of hydrogen-bond donors (Lipinski definition) is 2. The Morgan fingerprint density at radius 3 is 2.18 bits per heavy atom. The van der Waals surface area contributed by atoms with Crippen LogP contribution in [0.15, 0.2) is 48.8 Å². The molecule has 1 heterocycles. The molecule has 1 amide bonds. The predicted octanol–water partition coefficient (Wildman–Crippen LogP) is 5.43. The van der Waals surface area contributed by atoms with Crippen LogP contribution in [0.5, 0.6) is 17.2 Å². The second kappa shape index (κ2) is 15.6. The molecule has 264 valence electrons. The van der Waals surface area contributed by atoms with E-state index < -0.39 is 41.2 Å². The monoisotopic (exact) mass is 743 g/mol. The van der Waals surface area contributed by atoms with E-state index in [0.29, 0.717) is 22.8 Å². The molecule has 2 N–H and O–H groups in total. The van der Waals surface area contributed by atoms with Crippen molar-refractivity contribution in [3.05, 3.63) is 80.7 Å². The number of nitrogens with one attached hydrogen (secondary N) is 2. The summed E-state index contributed by atoms with van der Waals surface area (Å²) in [5.74, 6) is -0.963. The highest BCUT2D eigenvalue weighted by atomic mass is 35.5. The number of rotatable bonds is 17. The summed E-state index contributed by atoms with van der Waals surface area (Å²) < 4.78 is 74.6. The van der Waals surface area contributed by atoms with E-state index in [0.717, 1.165) is 44.3 Å². The van der Waals surface area contributed by atoms with Crippen LogP contribution in [0.3, 0.4) is 0 Å². The van der Waals surface area contributed by atoms with Crippen LogP contribution in [0.25, 0.3) is 0 Å². The van der Waals surface area contributed by atoms with Crippen molar-refractivity contribution in [1.29, 1.82) is 0 Å². The number of halogens is 4. The average molecular weight is 745 g/mol. The zero-order valence-electron chi connectivity index (χ0n) is 26.1. The summed E-state index contributed by atoms with van der Waals surface area (Å²) in [6, 6.07) is 8.20. The highest BCUT2D eigenvalue weighted by Gasteiger charge is 2.27. The van der Waals surface area contributed by atoms with Crippen LogP contribution in [-0.4, -0.2) is 52.9 Å². The third-order valence-electron chi connectivity index (χ3n) is 7.55. The molecule has 17 heteroatoms. The van der Waals surface area contributed by atoms with Crippen LogP contribution in [0.4, 0.5) is 14.5 Å². The summed E-state index contributed by atoms with van der Waals surface area (Å²) in [6.45, 7) is -3.08. The molecule has 3 aromatic rings. The van der Waals surface area contributed by atoms with Gasteiger partial charge in [0, 0.05) is 17.5 Å². The first-order chi connectivity index (χ1) is 23.2. The highest BCUT2D eigenvalue weighted by molar-refractivity contribution is 7.92. The van der Waals surface area contributed by atoms with Gasteiger partial charge < -0.3 is 29.5 Å². The fraction of sp³-hybridized carbons (Fsp3) is 0.406. The summed E-state index contributed by atoms with van der Waals surface area (Å²) in [5.41, 5.74) is 0.833. The van der Waals surface area contributed by atoms with E-state index in [-0.39, 0.29) is 63.1 Å². The molecule has 0 aliphatic heterocycles. The molecular weight excluding hydrogens is 711 g/mol. The summed E-state index contributed by atoms with van der Waals surface area (Å²) in [4.78, 5) is 26.2. The second-order valence-electron chi connectivity index (χ2n) is 11.8. The minimum Gasteiger partial charge on any atom is -0.619 e. The molecule has 2 aliphatic rings. The third kappa shape index (κ3) is 11.0. The van der Waals surface area contributed by atoms with Gasteiger partial charge in [0.15, 0.2) is 23.9 Å².